The van der Waals surface area contributed by atoms with E-state index in [-0.39, 0.29) is 5.91 Å². The molecule has 1 N–H and O–H groups in total. The number of nitrogens with one attached hydrogen (secondary N) is 1. The average Bonchev–Trinajstić information content (AvgIpc) is 3.43. The van der Waals surface area contributed by atoms with E-state index >= 15 is 0 Å². The van der Waals surface area contributed by atoms with Crippen LogP contribution in [-0.2, 0) is 4.79 Å². The summed E-state index contributed by atoms with van der Waals surface area (Å²) in [6.45, 7) is 9.20. The molecule has 0 unspecified atom stereocenters. The number of rotatable bonds is 8. The van der Waals surface area contributed by atoms with E-state index in [0.717, 1.165) is 56.8 Å². The van der Waals surface area contributed by atoms with Gasteiger partial charge >= 0.3 is 0 Å². The van der Waals surface area contributed by atoms with Crippen molar-refractivity contribution in [1.82, 2.24) is 14.4 Å². The van der Waals surface area contributed by atoms with Crippen molar-refractivity contribution in [2.45, 2.75) is 45.6 Å². The van der Waals surface area contributed by atoms with Crippen molar-refractivity contribution >= 4 is 23.3 Å². The van der Waals surface area contributed by atoms with E-state index in [0.29, 0.717) is 41.3 Å². The van der Waals surface area contributed by atoms with Gasteiger partial charge in [0.25, 0.3) is 0 Å². The molecule has 0 spiro atoms. The summed E-state index contributed by atoms with van der Waals surface area (Å²) in [7, 11) is 0. The quantitative estimate of drug-likeness (QED) is 0.603. The molecule has 0 radical (unpaired) electrons. The van der Waals surface area contributed by atoms with Gasteiger partial charge < -0.3 is 14.6 Å². The van der Waals surface area contributed by atoms with Crippen molar-refractivity contribution in [2.75, 3.05) is 51.2 Å². The van der Waals surface area contributed by atoms with Crippen LogP contribution in [0.15, 0.2) is 24.3 Å². The predicted molar refractivity (Wildman–Crippen MR) is 135 cm³/mol. The molecule has 34 heavy (non-hydrogen) atoms. The molecule has 2 aliphatic rings. The minimum atomic E-state index is -0.0521. The van der Waals surface area contributed by atoms with Crippen molar-refractivity contribution in [2.24, 2.45) is 0 Å². The summed E-state index contributed by atoms with van der Waals surface area (Å²) >= 11 is 6.14. The van der Waals surface area contributed by atoms with Gasteiger partial charge in [0.2, 0.25) is 5.91 Å². The molecule has 1 saturated heterocycles. The van der Waals surface area contributed by atoms with Crippen molar-refractivity contribution in [1.29, 1.82) is 5.26 Å². The number of halogens is 1. The fourth-order valence-electron chi connectivity index (χ4n) is 5.10. The number of nitrogens with zero attached hydrogens (tertiary/aromatic N) is 4. The Hall–Kier alpha value is -2.53. The van der Waals surface area contributed by atoms with Crippen molar-refractivity contribution in [3.05, 3.63) is 46.1 Å². The Morgan fingerprint density at radius 3 is 2.50 bits per heavy atom. The van der Waals surface area contributed by atoms with Crippen LogP contribution in [0.2, 0.25) is 5.02 Å². The summed E-state index contributed by atoms with van der Waals surface area (Å²) in [4.78, 5) is 17.5. The Morgan fingerprint density at radius 1 is 1.15 bits per heavy atom. The number of nitriles is 1. The van der Waals surface area contributed by atoms with Crippen molar-refractivity contribution in [3.63, 3.8) is 0 Å². The molecular weight excluding hydrogens is 450 g/mol. The van der Waals surface area contributed by atoms with Crippen LogP contribution < -0.4 is 10.1 Å². The Morgan fingerprint density at radius 2 is 1.82 bits per heavy atom. The Balaban J connectivity index is 1.27. The van der Waals surface area contributed by atoms with Crippen LogP contribution in [0, 0.1) is 25.2 Å². The van der Waals surface area contributed by atoms with Gasteiger partial charge in [-0.25, -0.2) is 0 Å². The highest BCUT2D eigenvalue weighted by molar-refractivity contribution is 6.32. The topological polar surface area (TPSA) is 73.5 Å². The maximum Gasteiger partial charge on any atom is 0.239 e. The van der Waals surface area contributed by atoms with Gasteiger partial charge in [0, 0.05) is 44.5 Å². The minimum absolute atomic E-state index is 0.0521. The lowest BCUT2D eigenvalue weighted by atomic mass is 10.2. The SMILES string of the molecule is Cc1c(C#N)c(NC(=O)CN2CCN(CCOc3ccccc3Cl)CC2)n(C2CCCC2)c1C. The van der Waals surface area contributed by atoms with Gasteiger partial charge in [-0.1, -0.05) is 36.6 Å². The lowest BCUT2D eigenvalue weighted by molar-refractivity contribution is -0.117. The molecule has 1 saturated carbocycles. The summed E-state index contributed by atoms with van der Waals surface area (Å²) in [6.07, 6.45) is 4.60. The average molecular weight is 484 g/mol. The van der Waals surface area contributed by atoms with E-state index in [1.54, 1.807) is 0 Å². The highest BCUT2D eigenvalue weighted by Gasteiger charge is 2.27. The molecule has 1 aliphatic carbocycles. The molecule has 2 heterocycles. The molecule has 1 aromatic carbocycles. The molecule has 2 aromatic rings. The molecule has 182 valence electrons. The number of ether oxygens (including phenoxy) is 1. The highest BCUT2D eigenvalue weighted by Crippen LogP contribution is 2.37. The minimum Gasteiger partial charge on any atom is -0.491 e. The van der Waals surface area contributed by atoms with E-state index in [4.69, 9.17) is 16.3 Å². The molecule has 1 amide bonds. The highest BCUT2D eigenvalue weighted by atomic mass is 35.5. The Bertz CT molecular complexity index is 1050. The first-order chi connectivity index (χ1) is 16.5. The van der Waals surface area contributed by atoms with E-state index in [2.05, 4.69) is 32.7 Å². The number of para-hydroxylation sites is 1. The van der Waals surface area contributed by atoms with Crippen LogP contribution in [-0.4, -0.2) is 66.1 Å². The molecule has 7 nitrogen and oxygen atoms in total. The second-order valence-electron chi connectivity index (χ2n) is 9.30. The zero-order chi connectivity index (χ0) is 24.1. The normalized spacial score (nSPS) is 17.6. The molecule has 0 bridgehead atoms. The number of piperazine rings is 1. The van der Waals surface area contributed by atoms with Gasteiger partial charge in [-0.15, -0.1) is 0 Å². The monoisotopic (exact) mass is 483 g/mol. The third-order valence-electron chi connectivity index (χ3n) is 7.15. The number of carbonyl (C=O) groups is 1. The molecule has 2 fully saturated rings. The van der Waals surface area contributed by atoms with Crippen LogP contribution in [0.5, 0.6) is 5.75 Å². The van der Waals surface area contributed by atoms with Gasteiger partial charge in [-0.2, -0.15) is 5.26 Å². The molecular formula is C26H34ClN5O2. The first-order valence-corrected chi connectivity index (χ1v) is 12.6. The van der Waals surface area contributed by atoms with Crippen LogP contribution >= 0.6 is 11.6 Å². The maximum atomic E-state index is 13.0. The number of hydrogen-bond donors (Lipinski definition) is 1. The van der Waals surface area contributed by atoms with Crippen LogP contribution in [0.3, 0.4) is 0 Å². The zero-order valence-electron chi connectivity index (χ0n) is 20.1. The van der Waals surface area contributed by atoms with E-state index < -0.39 is 0 Å². The number of amides is 1. The molecule has 0 atom stereocenters. The van der Waals surface area contributed by atoms with Crippen LogP contribution in [0.25, 0.3) is 0 Å². The molecule has 1 aromatic heterocycles. The number of benzene rings is 1. The first kappa shape index (κ1) is 24.6. The fraction of sp³-hybridized carbons (Fsp3) is 0.538. The summed E-state index contributed by atoms with van der Waals surface area (Å²) < 4.78 is 8.01. The molecule has 4 rings (SSSR count). The van der Waals surface area contributed by atoms with Crippen molar-refractivity contribution < 1.29 is 9.53 Å². The predicted octanol–water partition coefficient (Wildman–Crippen LogP) is 4.38. The second-order valence-corrected chi connectivity index (χ2v) is 9.71. The fourth-order valence-corrected chi connectivity index (χ4v) is 5.29. The van der Waals surface area contributed by atoms with Gasteiger partial charge in [0.05, 0.1) is 17.1 Å². The number of carbonyl (C=O) groups excluding carboxylic acids is 1. The lowest BCUT2D eigenvalue weighted by Gasteiger charge is -2.34. The van der Waals surface area contributed by atoms with Gasteiger partial charge in [0.15, 0.2) is 0 Å². The second kappa shape index (κ2) is 11.3. The summed E-state index contributed by atoms with van der Waals surface area (Å²) in [5.74, 6) is 1.34. The summed E-state index contributed by atoms with van der Waals surface area (Å²) in [5.41, 5.74) is 2.66. The third-order valence-corrected chi connectivity index (χ3v) is 7.46. The molecule has 1 aliphatic heterocycles. The van der Waals surface area contributed by atoms with E-state index in [1.165, 1.54) is 12.8 Å². The van der Waals surface area contributed by atoms with Crippen LogP contribution in [0.1, 0.15) is 48.5 Å². The maximum absolute atomic E-state index is 13.0. The van der Waals surface area contributed by atoms with Crippen molar-refractivity contribution in [3.8, 4) is 11.8 Å². The smallest absolute Gasteiger partial charge is 0.239 e. The number of hydrogen-bond acceptors (Lipinski definition) is 5. The lowest BCUT2D eigenvalue weighted by Crippen LogP contribution is -2.49. The number of aromatic nitrogens is 1. The van der Waals surface area contributed by atoms with E-state index in [1.807, 2.05) is 31.2 Å². The molecule has 8 heteroatoms. The van der Waals surface area contributed by atoms with Crippen LogP contribution in [0.4, 0.5) is 5.82 Å². The first-order valence-electron chi connectivity index (χ1n) is 12.2. The largest absolute Gasteiger partial charge is 0.491 e. The van der Waals surface area contributed by atoms with E-state index in [9.17, 15) is 10.1 Å². The van der Waals surface area contributed by atoms with Gasteiger partial charge in [-0.3, -0.25) is 14.6 Å². The Labute approximate surface area is 207 Å². The Kier molecular flexibility index (Phi) is 8.15. The zero-order valence-corrected chi connectivity index (χ0v) is 20.9. The number of anilines is 1. The summed E-state index contributed by atoms with van der Waals surface area (Å²) in [6, 6.07) is 10.2. The third kappa shape index (κ3) is 5.57. The summed E-state index contributed by atoms with van der Waals surface area (Å²) in [5, 5.41) is 13.5. The van der Waals surface area contributed by atoms with Gasteiger partial charge in [0.1, 0.15) is 24.2 Å². The standard InChI is InChI=1S/C26H34ClN5O2/c1-19-20(2)32(21-7-3-4-8-21)26(22(19)17-28)29-25(33)18-31-13-11-30(12-14-31)15-16-34-24-10-6-5-9-23(24)27/h5-6,9-10,21H,3-4,7-8,11-16,18H2,1-2H3,(H,29,33). The van der Waals surface area contributed by atoms with Gasteiger partial charge in [-0.05, 0) is 44.4 Å².